The fourth-order valence-corrected chi connectivity index (χ4v) is 5.85. The molecule has 0 atom stereocenters. The van der Waals surface area contributed by atoms with Crippen LogP contribution in [0.4, 0.5) is 0 Å². The highest BCUT2D eigenvalue weighted by atomic mass is 32.2. The van der Waals surface area contributed by atoms with Crippen molar-refractivity contribution in [2.75, 3.05) is 0 Å². The first-order valence-corrected chi connectivity index (χ1v) is 8.72. The molecule has 1 heterocycles. The van der Waals surface area contributed by atoms with Gasteiger partial charge in [0.05, 0.1) is 11.5 Å². The minimum absolute atomic E-state index is 0.266. The van der Waals surface area contributed by atoms with Crippen LogP contribution < -0.4 is 0 Å². The molecule has 0 radical (unpaired) electrons. The van der Waals surface area contributed by atoms with E-state index in [1.807, 2.05) is 0 Å². The van der Waals surface area contributed by atoms with Gasteiger partial charge in [0.25, 0.3) is 0 Å². The van der Waals surface area contributed by atoms with Crippen LogP contribution in [0.15, 0.2) is 12.1 Å². The number of benzene rings is 1. The molecule has 0 N–H and O–H groups in total. The van der Waals surface area contributed by atoms with Crippen molar-refractivity contribution in [1.82, 2.24) is 0 Å². The number of fused-ring (bicyclic) bond motifs is 2. The number of hydrogen-bond acceptors (Lipinski definition) is 2. The van der Waals surface area contributed by atoms with Crippen LogP contribution in [-0.2, 0) is 34.2 Å². The first kappa shape index (κ1) is 11.0. The van der Waals surface area contributed by atoms with Crippen LogP contribution in [0, 0.1) is 5.41 Å². The summed E-state index contributed by atoms with van der Waals surface area (Å²) in [5.41, 5.74) is 5.56. The quantitative estimate of drug-likeness (QED) is 0.720. The highest BCUT2D eigenvalue weighted by molar-refractivity contribution is 7.90. The number of hydrogen-bond donors (Lipinski definition) is 0. The molecule has 0 amide bonds. The van der Waals surface area contributed by atoms with E-state index in [4.69, 9.17) is 0 Å². The van der Waals surface area contributed by atoms with Crippen LogP contribution >= 0.6 is 0 Å². The lowest BCUT2D eigenvalue weighted by atomic mass is 9.83. The molecule has 0 unspecified atom stereocenters. The topological polar surface area (TPSA) is 34.1 Å². The zero-order chi connectivity index (χ0) is 12.4. The van der Waals surface area contributed by atoms with Crippen molar-refractivity contribution in [2.45, 2.75) is 50.0 Å². The van der Waals surface area contributed by atoms with Crippen LogP contribution in [0.3, 0.4) is 0 Å². The molecule has 3 aliphatic rings. The van der Waals surface area contributed by atoms with Crippen molar-refractivity contribution in [3.05, 3.63) is 34.4 Å². The largest absolute Gasteiger partial charge is 0.228 e. The van der Waals surface area contributed by atoms with E-state index in [0.717, 1.165) is 11.1 Å². The Hall–Kier alpha value is -0.830. The first-order chi connectivity index (χ1) is 8.55. The molecular formula is C15H18O2S. The molecule has 0 aromatic heterocycles. The second-order valence-corrected chi connectivity index (χ2v) is 8.55. The highest BCUT2D eigenvalue weighted by Gasteiger charge is 2.40. The maximum Gasteiger partial charge on any atom is 0.158 e. The normalized spacial score (nSPS) is 26.4. The zero-order valence-corrected chi connectivity index (χ0v) is 11.4. The molecule has 1 fully saturated rings. The minimum Gasteiger partial charge on any atom is -0.228 e. The summed E-state index contributed by atoms with van der Waals surface area (Å²) in [6, 6.07) is 4.39. The van der Waals surface area contributed by atoms with Gasteiger partial charge in [-0.2, -0.15) is 0 Å². The van der Waals surface area contributed by atoms with E-state index < -0.39 is 9.84 Å². The lowest BCUT2D eigenvalue weighted by Crippen LogP contribution is -2.15. The Balaban J connectivity index is 1.75. The smallest absolute Gasteiger partial charge is 0.158 e. The third-order valence-corrected chi connectivity index (χ3v) is 6.57. The van der Waals surface area contributed by atoms with Crippen molar-refractivity contribution in [2.24, 2.45) is 5.41 Å². The molecule has 1 aromatic carbocycles. The molecule has 2 nitrogen and oxygen atoms in total. The van der Waals surface area contributed by atoms with E-state index in [-0.39, 0.29) is 11.5 Å². The Morgan fingerprint density at radius 2 is 1.33 bits per heavy atom. The summed E-state index contributed by atoms with van der Waals surface area (Å²) in [6.07, 6.45) is 7.87. The standard InChI is InChI=1S/C15H18O2S/c16-18(17)9-13-5-11-7-15(3-1-2-4-15)8-12(11)6-14(13)10-18/h5-6H,1-4,7-10H2. The van der Waals surface area contributed by atoms with Gasteiger partial charge in [0.1, 0.15) is 0 Å². The molecule has 1 saturated carbocycles. The van der Waals surface area contributed by atoms with E-state index in [0.29, 0.717) is 5.41 Å². The van der Waals surface area contributed by atoms with Crippen molar-refractivity contribution in [3.8, 4) is 0 Å². The van der Waals surface area contributed by atoms with Gasteiger partial charge in [-0.05, 0) is 53.4 Å². The number of rotatable bonds is 0. The molecule has 18 heavy (non-hydrogen) atoms. The van der Waals surface area contributed by atoms with Crippen molar-refractivity contribution in [3.63, 3.8) is 0 Å². The average Bonchev–Trinajstić information content (AvgIpc) is 2.91. The predicted molar refractivity (Wildman–Crippen MR) is 71.1 cm³/mol. The van der Waals surface area contributed by atoms with Crippen LogP contribution in [0.5, 0.6) is 0 Å². The Bertz CT molecular complexity index is 579. The van der Waals surface area contributed by atoms with Crippen molar-refractivity contribution >= 4 is 9.84 Å². The fourth-order valence-electron chi connectivity index (χ4n) is 4.26. The van der Waals surface area contributed by atoms with Crippen molar-refractivity contribution < 1.29 is 8.42 Å². The van der Waals surface area contributed by atoms with Gasteiger partial charge in [0.15, 0.2) is 9.84 Å². The average molecular weight is 262 g/mol. The summed E-state index contributed by atoms with van der Waals surface area (Å²) < 4.78 is 23.3. The molecule has 0 bridgehead atoms. The molecule has 1 spiro atoms. The molecule has 1 aromatic rings. The maximum atomic E-state index is 11.7. The van der Waals surface area contributed by atoms with Crippen LogP contribution in [0.2, 0.25) is 0 Å². The van der Waals surface area contributed by atoms with E-state index in [9.17, 15) is 8.42 Å². The lowest BCUT2D eigenvalue weighted by molar-refractivity contribution is 0.318. The van der Waals surface area contributed by atoms with Crippen LogP contribution in [-0.4, -0.2) is 8.42 Å². The van der Waals surface area contributed by atoms with Crippen LogP contribution in [0.25, 0.3) is 0 Å². The van der Waals surface area contributed by atoms with E-state index in [2.05, 4.69) is 12.1 Å². The molecule has 96 valence electrons. The SMILES string of the molecule is O=S1(=O)Cc2cc3c(cc2C1)CC1(CCCC1)C3. The second kappa shape index (κ2) is 3.38. The third-order valence-electron chi connectivity index (χ3n) is 5.07. The van der Waals surface area contributed by atoms with Gasteiger partial charge in [0.2, 0.25) is 0 Å². The molecule has 1 aliphatic heterocycles. The van der Waals surface area contributed by atoms with Gasteiger partial charge in [-0.25, -0.2) is 8.42 Å². The summed E-state index contributed by atoms with van der Waals surface area (Å²) in [5, 5.41) is 0. The van der Waals surface area contributed by atoms with Gasteiger partial charge >= 0.3 is 0 Å². The first-order valence-electron chi connectivity index (χ1n) is 6.89. The van der Waals surface area contributed by atoms with E-state index in [1.54, 1.807) is 0 Å². The fraction of sp³-hybridized carbons (Fsp3) is 0.600. The molecule has 2 aliphatic carbocycles. The van der Waals surface area contributed by atoms with Crippen molar-refractivity contribution in [1.29, 1.82) is 0 Å². The third kappa shape index (κ3) is 1.56. The number of sulfone groups is 1. The molecular weight excluding hydrogens is 244 g/mol. The summed E-state index contributed by atoms with van der Waals surface area (Å²) in [7, 11) is -2.85. The van der Waals surface area contributed by atoms with Gasteiger partial charge in [-0.3, -0.25) is 0 Å². The monoisotopic (exact) mass is 262 g/mol. The predicted octanol–water partition coefficient (Wildman–Crippen LogP) is 2.77. The maximum absolute atomic E-state index is 11.7. The second-order valence-electron chi connectivity index (χ2n) is 6.48. The molecule has 0 saturated heterocycles. The highest BCUT2D eigenvalue weighted by Crippen LogP contribution is 2.49. The summed E-state index contributed by atoms with van der Waals surface area (Å²) in [4.78, 5) is 0. The Kier molecular flexibility index (Phi) is 2.07. The Labute approximate surface area is 108 Å². The Morgan fingerprint density at radius 3 is 1.83 bits per heavy atom. The van der Waals surface area contributed by atoms with Gasteiger partial charge in [-0.15, -0.1) is 0 Å². The molecule has 3 heteroatoms. The molecule has 4 rings (SSSR count). The van der Waals surface area contributed by atoms with Crippen LogP contribution in [0.1, 0.15) is 47.9 Å². The van der Waals surface area contributed by atoms with Gasteiger partial charge in [-0.1, -0.05) is 25.0 Å². The van der Waals surface area contributed by atoms with Gasteiger partial charge < -0.3 is 0 Å². The summed E-state index contributed by atoms with van der Waals surface area (Å²) >= 11 is 0. The van der Waals surface area contributed by atoms with E-state index in [1.165, 1.54) is 49.7 Å². The van der Waals surface area contributed by atoms with Gasteiger partial charge in [0, 0.05) is 0 Å². The minimum atomic E-state index is -2.85. The summed E-state index contributed by atoms with van der Waals surface area (Å²) in [6.45, 7) is 0. The van der Waals surface area contributed by atoms with E-state index >= 15 is 0 Å². The Morgan fingerprint density at radius 1 is 0.833 bits per heavy atom. The summed E-state index contributed by atoms with van der Waals surface area (Å²) in [5.74, 6) is 0.533. The zero-order valence-electron chi connectivity index (χ0n) is 10.5. The lowest BCUT2D eigenvalue weighted by Gasteiger charge is -2.21.